The lowest BCUT2D eigenvalue weighted by Gasteiger charge is -2.55. The van der Waals surface area contributed by atoms with Crippen LogP contribution in [0.3, 0.4) is 0 Å². The lowest BCUT2D eigenvalue weighted by Crippen LogP contribution is -2.75. The van der Waals surface area contributed by atoms with Crippen molar-refractivity contribution in [3.8, 4) is 0 Å². The first kappa shape index (κ1) is 30.1. The number of carbonyl (C=O) groups excluding carboxylic acids is 1. The van der Waals surface area contributed by atoms with E-state index in [0.29, 0.717) is 15.9 Å². The maximum Gasteiger partial charge on any atom is 0.385 e. The van der Waals surface area contributed by atoms with Crippen LogP contribution in [0.25, 0.3) is 0 Å². The van der Waals surface area contributed by atoms with Crippen molar-refractivity contribution in [2.45, 2.75) is 63.0 Å². The van der Waals surface area contributed by atoms with Crippen LogP contribution in [0, 0.1) is 5.92 Å². The molecule has 0 saturated heterocycles. The van der Waals surface area contributed by atoms with E-state index in [1.54, 1.807) is 112 Å². The molecular formula is C30H33ClF3O3P. The smallest absolute Gasteiger partial charge is 0.385 e. The van der Waals surface area contributed by atoms with E-state index in [0.717, 1.165) is 0 Å². The number of benzene rings is 3. The van der Waals surface area contributed by atoms with E-state index in [-0.39, 0.29) is 0 Å². The Hall–Kier alpha value is -2.40. The van der Waals surface area contributed by atoms with Gasteiger partial charge in [0, 0.05) is 0 Å². The molecule has 3 rings (SSSR count). The van der Waals surface area contributed by atoms with Gasteiger partial charge in [0.2, 0.25) is 0 Å². The zero-order chi connectivity index (χ0) is 28.4. The largest absolute Gasteiger partial charge is 0.838 e. The zero-order valence-electron chi connectivity index (χ0n) is 22.1. The molecule has 204 valence electrons. The Morgan fingerprint density at radius 2 is 1.16 bits per heavy atom. The summed E-state index contributed by atoms with van der Waals surface area (Å²) >= 11 is 7.30. The van der Waals surface area contributed by atoms with E-state index in [1.807, 2.05) is 0 Å². The summed E-state index contributed by atoms with van der Waals surface area (Å²) < 4.78 is 48.3. The van der Waals surface area contributed by atoms with E-state index in [4.69, 9.17) is 16.3 Å². The molecule has 0 saturated carbocycles. The summed E-state index contributed by atoms with van der Waals surface area (Å²) in [5.74, 6) is -2.11. The highest BCUT2D eigenvalue weighted by atomic mass is 35.5. The van der Waals surface area contributed by atoms with Gasteiger partial charge >= 0.3 is 12.1 Å². The third-order valence-electron chi connectivity index (χ3n) is 6.25. The molecule has 0 aliphatic carbocycles. The summed E-state index contributed by atoms with van der Waals surface area (Å²) in [7, 11) is -3.93. The summed E-state index contributed by atoms with van der Waals surface area (Å²) in [5, 5.41) is 15.8. The number of hydrogen-bond donors (Lipinski definition) is 0. The fourth-order valence-electron chi connectivity index (χ4n) is 4.87. The van der Waals surface area contributed by atoms with Crippen LogP contribution in [0.2, 0.25) is 0 Å². The molecule has 8 heteroatoms. The number of ether oxygens (including phenoxy) is 1. The Morgan fingerprint density at radius 3 is 1.42 bits per heavy atom. The lowest BCUT2D eigenvalue weighted by molar-refractivity contribution is -0.543. The Kier molecular flexibility index (Phi) is 8.72. The van der Waals surface area contributed by atoms with Gasteiger partial charge in [-0.25, -0.2) is 4.79 Å². The summed E-state index contributed by atoms with van der Waals surface area (Å²) in [6.45, 7) is 7.64. The highest BCUT2D eigenvalue weighted by Crippen LogP contribution is 2.73. The van der Waals surface area contributed by atoms with Gasteiger partial charge in [0.05, 0.1) is 5.60 Å². The summed E-state index contributed by atoms with van der Waals surface area (Å²) in [5.41, 5.74) is -5.12. The van der Waals surface area contributed by atoms with Crippen LogP contribution in [0.4, 0.5) is 13.2 Å². The quantitative estimate of drug-likeness (QED) is 0.193. The second-order valence-electron chi connectivity index (χ2n) is 10.7. The van der Waals surface area contributed by atoms with Gasteiger partial charge in [-0.15, -0.1) is 0 Å². The highest BCUT2D eigenvalue weighted by molar-refractivity contribution is 7.98. The molecule has 0 fully saturated rings. The Bertz CT molecular complexity index is 1120. The molecule has 0 radical (unpaired) electrons. The molecule has 0 N–H and O–H groups in total. The molecule has 0 aliphatic rings. The fourth-order valence-corrected chi connectivity index (χ4v) is 10.9. The van der Waals surface area contributed by atoms with Crippen LogP contribution in [0.1, 0.15) is 41.0 Å². The third-order valence-corrected chi connectivity index (χ3v) is 12.2. The molecule has 2 unspecified atom stereocenters. The predicted molar refractivity (Wildman–Crippen MR) is 148 cm³/mol. The summed E-state index contributed by atoms with van der Waals surface area (Å²) in [4.78, 5) is 14.3. The van der Waals surface area contributed by atoms with Crippen molar-refractivity contribution in [2.75, 3.05) is 0 Å². The van der Waals surface area contributed by atoms with Crippen LogP contribution >= 0.6 is 18.9 Å². The van der Waals surface area contributed by atoms with Crippen LogP contribution in [0.15, 0.2) is 91.0 Å². The van der Waals surface area contributed by atoms with Crippen molar-refractivity contribution in [3.05, 3.63) is 91.0 Å². The minimum absolute atomic E-state index is 0.367. The van der Waals surface area contributed by atoms with Gasteiger partial charge in [-0.2, -0.15) is 13.2 Å². The second-order valence-corrected chi connectivity index (χ2v) is 15.1. The van der Waals surface area contributed by atoms with Gasteiger partial charge in [0.1, 0.15) is 28.8 Å². The summed E-state index contributed by atoms with van der Waals surface area (Å²) in [6, 6.07) is 25.0. The van der Waals surface area contributed by atoms with Crippen molar-refractivity contribution in [1.82, 2.24) is 0 Å². The van der Waals surface area contributed by atoms with E-state index in [9.17, 15) is 9.90 Å². The topological polar surface area (TPSA) is 49.4 Å². The Labute approximate surface area is 228 Å². The molecule has 0 aromatic heterocycles. The Balaban J connectivity index is 2.67. The maximum atomic E-state index is 15.2. The van der Waals surface area contributed by atoms with Crippen molar-refractivity contribution >= 4 is 40.7 Å². The van der Waals surface area contributed by atoms with Gasteiger partial charge in [0.25, 0.3) is 4.62 Å². The number of esters is 1. The van der Waals surface area contributed by atoms with Gasteiger partial charge < -0.3 is 9.84 Å². The standard InChI is InChI=1S/C30H33ClF3O3P/c1-22(2)21-28(36,30(32,33)34)29(31,26(35)37-27(3,4)5)38(23-15-9-6-10-16-23,24-17-11-7-12-18-24)25-19-13-8-14-20-25/h6-20,22H,21H2,1-5H3. The molecule has 0 bridgehead atoms. The van der Waals surface area contributed by atoms with Gasteiger partial charge in [-0.3, -0.25) is 0 Å². The molecule has 3 nitrogen and oxygen atoms in total. The molecule has 2 atom stereocenters. The monoisotopic (exact) mass is 564 g/mol. The molecule has 38 heavy (non-hydrogen) atoms. The predicted octanol–water partition coefficient (Wildman–Crippen LogP) is 5.96. The minimum atomic E-state index is -5.39. The van der Waals surface area contributed by atoms with Gasteiger partial charge in [0.15, 0.2) is 0 Å². The molecule has 3 aromatic rings. The van der Waals surface area contributed by atoms with Crippen molar-refractivity contribution < 1.29 is 27.8 Å². The number of hydrogen-bond acceptors (Lipinski definition) is 3. The summed E-state index contributed by atoms with van der Waals surface area (Å²) in [6.07, 6.45) is -6.31. The van der Waals surface area contributed by atoms with E-state index < -0.39 is 47.6 Å². The number of carbonyl (C=O) groups is 1. The SMILES string of the molecule is CC(C)CC([O-])(C(F)(F)F)C(Cl)(C(=O)OC(C)(C)C)[P+](c1ccccc1)(c1ccccc1)c1ccccc1. The second kappa shape index (κ2) is 11.0. The maximum absolute atomic E-state index is 15.2. The van der Waals surface area contributed by atoms with Gasteiger partial charge in [-0.05, 0) is 69.5 Å². The zero-order valence-corrected chi connectivity index (χ0v) is 23.8. The van der Waals surface area contributed by atoms with Crippen molar-refractivity contribution in [2.24, 2.45) is 5.92 Å². The molecule has 0 heterocycles. The van der Waals surface area contributed by atoms with E-state index in [2.05, 4.69) is 0 Å². The van der Waals surface area contributed by atoms with Crippen molar-refractivity contribution in [1.29, 1.82) is 0 Å². The van der Waals surface area contributed by atoms with E-state index in [1.165, 1.54) is 13.8 Å². The molecule has 0 aliphatic heterocycles. The highest BCUT2D eigenvalue weighted by Gasteiger charge is 2.78. The lowest BCUT2D eigenvalue weighted by atomic mass is 9.87. The molecule has 0 amide bonds. The third kappa shape index (κ3) is 5.23. The average molecular weight is 565 g/mol. The van der Waals surface area contributed by atoms with Crippen LogP contribution in [-0.2, 0) is 9.53 Å². The van der Waals surface area contributed by atoms with Crippen LogP contribution < -0.4 is 21.0 Å². The average Bonchev–Trinajstić information content (AvgIpc) is 2.84. The van der Waals surface area contributed by atoms with Crippen LogP contribution in [0.5, 0.6) is 0 Å². The van der Waals surface area contributed by atoms with Crippen LogP contribution in [-0.4, -0.2) is 28.0 Å². The van der Waals surface area contributed by atoms with Crippen molar-refractivity contribution in [3.63, 3.8) is 0 Å². The molecular weight excluding hydrogens is 532 g/mol. The van der Waals surface area contributed by atoms with E-state index >= 15 is 13.2 Å². The number of alkyl halides is 4. The Morgan fingerprint density at radius 1 is 0.816 bits per heavy atom. The molecule has 3 aromatic carbocycles. The normalized spacial score (nSPS) is 16.0. The fraction of sp³-hybridized carbons (Fsp3) is 0.367. The molecule has 0 spiro atoms. The number of halogens is 4. The minimum Gasteiger partial charge on any atom is -0.838 e. The first-order valence-electron chi connectivity index (χ1n) is 12.4. The first-order chi connectivity index (χ1) is 17.6. The van der Waals surface area contributed by atoms with Gasteiger partial charge in [-0.1, -0.05) is 80.0 Å². The number of rotatable bonds is 8. The first-order valence-corrected chi connectivity index (χ1v) is 14.5.